The normalized spacial score (nSPS) is 14.4. The average molecular weight is 625 g/mol. The molecule has 11 heterocycles. The van der Waals surface area contributed by atoms with Gasteiger partial charge in [-0.15, -0.1) is 0 Å². The van der Waals surface area contributed by atoms with Gasteiger partial charge < -0.3 is 39.4 Å². The predicted octanol–water partition coefficient (Wildman–Crippen LogP) is 8.34. The number of halogens is 8. The number of hydrogen-bond donors (Lipinski definition) is 0. The molecule has 0 saturated carbocycles. The maximum Gasteiger partial charge on any atom is 0.673 e. The maximum absolute atomic E-state index is 9.75. The van der Waals surface area contributed by atoms with Gasteiger partial charge in [-0.25, -0.2) is 9.13 Å². The Morgan fingerprint density at radius 2 is 1.02 bits per heavy atom. The molecule has 43 heavy (non-hydrogen) atoms. The monoisotopic (exact) mass is 625 g/mol. The first-order valence-corrected chi connectivity index (χ1v) is 14.5. The topological polar surface area (TPSA) is 11.0 Å². The molecule has 14 heteroatoms. The van der Waals surface area contributed by atoms with Crippen molar-refractivity contribution in [3.05, 3.63) is 96.6 Å². The molecule has 10 bridgehead atoms. The molecule has 0 unspecified atom stereocenters. The van der Waals surface area contributed by atoms with Crippen molar-refractivity contribution >= 4 is 37.6 Å². The van der Waals surface area contributed by atoms with Crippen LogP contribution in [-0.2, 0) is 25.9 Å². The number of rotatable bonds is 0. The molecule has 3 nitrogen and oxygen atoms in total. The van der Waals surface area contributed by atoms with Crippen LogP contribution in [0, 0.1) is 0 Å². The third-order valence-electron chi connectivity index (χ3n) is 6.87. The Hall–Kier alpha value is -3.54. The fourth-order valence-electron chi connectivity index (χ4n) is 4.92. The zero-order valence-corrected chi connectivity index (χ0v) is 24.1. The molecule has 9 aliphatic heterocycles. The quantitative estimate of drug-likeness (QED) is 0.111. The van der Waals surface area contributed by atoms with Gasteiger partial charge in [0.15, 0.2) is 24.8 Å². The first kappa shape index (κ1) is 32.4. The van der Waals surface area contributed by atoms with Crippen LogP contribution in [0.25, 0.3) is 11.1 Å². The lowest BCUT2D eigenvalue weighted by atomic mass is 10.1. The number of anilines is 2. The van der Waals surface area contributed by atoms with E-state index < -0.39 is 14.5 Å². The summed E-state index contributed by atoms with van der Waals surface area (Å²) in [6.07, 6.45) is 13.3. The van der Waals surface area contributed by atoms with Crippen LogP contribution < -0.4 is 14.0 Å². The predicted molar refractivity (Wildman–Crippen MR) is 154 cm³/mol. The second-order valence-electron chi connectivity index (χ2n) is 10.1. The van der Waals surface area contributed by atoms with Gasteiger partial charge in [-0.3, -0.25) is 0 Å². The summed E-state index contributed by atoms with van der Waals surface area (Å²) in [5, 5.41) is 0. The largest absolute Gasteiger partial charge is 0.673 e. The molecule has 13 rings (SSSR count). The lowest BCUT2D eigenvalue weighted by Crippen LogP contribution is -2.33. The maximum atomic E-state index is 9.75. The van der Waals surface area contributed by atoms with Gasteiger partial charge in [0.2, 0.25) is 0 Å². The number of hydrogen-bond acceptors (Lipinski definition) is 2. The van der Waals surface area contributed by atoms with Gasteiger partial charge in [0, 0.05) is 53.9 Å². The number of aromatic nitrogens is 2. The number of pyridine rings is 2. The Morgan fingerprint density at radius 1 is 0.581 bits per heavy atom. The average Bonchev–Trinajstić information content (AvgIpc) is 2.92. The smallest absolute Gasteiger partial charge is 0.418 e. The van der Waals surface area contributed by atoms with Crippen molar-refractivity contribution in [3.63, 3.8) is 0 Å². The highest BCUT2D eigenvalue weighted by Crippen LogP contribution is 2.48. The molecule has 0 spiro atoms. The van der Waals surface area contributed by atoms with E-state index in [4.69, 9.17) is 0 Å². The molecule has 0 N–H and O–H groups in total. The first-order chi connectivity index (χ1) is 20.2. The van der Waals surface area contributed by atoms with Crippen molar-refractivity contribution in [2.45, 2.75) is 48.6 Å². The van der Waals surface area contributed by atoms with Crippen LogP contribution in [0.2, 0.25) is 0 Å². The van der Waals surface area contributed by atoms with Crippen molar-refractivity contribution in [2.75, 3.05) is 11.9 Å². The van der Waals surface area contributed by atoms with Crippen molar-refractivity contribution in [1.82, 2.24) is 0 Å². The second kappa shape index (κ2) is 13.8. The van der Waals surface area contributed by atoms with E-state index >= 15 is 0 Å². The Bertz CT molecular complexity index is 1490. The summed E-state index contributed by atoms with van der Waals surface area (Å²) in [6, 6.07) is 23.0. The van der Waals surface area contributed by atoms with Crippen LogP contribution in [-0.4, -0.2) is 21.6 Å². The van der Waals surface area contributed by atoms with E-state index in [1.807, 2.05) is 11.8 Å². The summed E-state index contributed by atoms with van der Waals surface area (Å²) in [5.74, 6) is 0. The molecule has 9 aliphatic rings. The Balaban J connectivity index is 0.000000369. The molecule has 0 aliphatic carbocycles. The summed E-state index contributed by atoms with van der Waals surface area (Å²) >= 11 is 1.91. The van der Waals surface area contributed by atoms with E-state index in [1.165, 1.54) is 43.4 Å². The Labute approximate surface area is 249 Å². The molecule has 2 aromatic carbocycles. The van der Waals surface area contributed by atoms with Gasteiger partial charge in [0.1, 0.15) is 13.1 Å². The lowest BCUT2D eigenvalue weighted by Gasteiger charge is -2.30. The van der Waals surface area contributed by atoms with Crippen LogP contribution in [0.3, 0.4) is 0 Å². The molecule has 0 atom stereocenters. The van der Waals surface area contributed by atoms with E-state index in [1.54, 1.807) is 0 Å². The fraction of sp³-hybridized carbons (Fsp3) is 0.241. The highest BCUT2D eigenvalue weighted by atomic mass is 32.2. The van der Waals surface area contributed by atoms with Gasteiger partial charge in [0.25, 0.3) is 0 Å². The first-order valence-electron chi connectivity index (χ1n) is 13.6. The summed E-state index contributed by atoms with van der Waals surface area (Å²) < 4.78 is 82.6. The van der Waals surface area contributed by atoms with Crippen LogP contribution in [0.1, 0.15) is 24.0 Å². The van der Waals surface area contributed by atoms with Gasteiger partial charge >= 0.3 is 14.5 Å². The summed E-state index contributed by atoms with van der Waals surface area (Å²) in [4.78, 5) is 5.09. The molecular weight excluding hydrogens is 596 g/mol. The second-order valence-corrected chi connectivity index (χ2v) is 11.2. The van der Waals surface area contributed by atoms with E-state index in [0.29, 0.717) is 0 Å². The minimum absolute atomic E-state index is 1.03. The van der Waals surface area contributed by atoms with Crippen molar-refractivity contribution < 1.29 is 43.7 Å². The van der Waals surface area contributed by atoms with E-state index in [-0.39, 0.29) is 0 Å². The van der Waals surface area contributed by atoms with Crippen LogP contribution in [0.4, 0.5) is 45.9 Å². The standard InChI is InChI=1S/C29H29N3S.2BF4/c1-30-26-8-6-23-5-3-15-32-18-12-25(13-19-32)24-10-16-31(17-11-24)14-2-4-22-7-9-28(27(30)20-22)33-29(26)21-23;2*2-1(3,4)5/h6-13,16-21H,2-5,14-15H2,1H3;;/q+2;2*-1. The molecule has 228 valence electrons. The van der Waals surface area contributed by atoms with Crippen molar-refractivity contribution in [2.24, 2.45) is 0 Å². The third-order valence-corrected chi connectivity index (χ3v) is 7.98. The number of nitrogens with zero attached hydrogens (tertiary/aromatic N) is 3. The Morgan fingerprint density at radius 3 is 1.51 bits per heavy atom. The minimum Gasteiger partial charge on any atom is -0.418 e. The van der Waals surface area contributed by atoms with Crippen molar-refractivity contribution in [3.8, 4) is 11.1 Å². The minimum atomic E-state index is -6.00. The highest BCUT2D eigenvalue weighted by Gasteiger charge is 2.22. The summed E-state index contributed by atoms with van der Waals surface area (Å²) in [6.45, 7) is 2.06. The van der Waals surface area contributed by atoms with Crippen LogP contribution in [0.15, 0.2) is 95.2 Å². The number of aryl methyl sites for hydroxylation is 4. The molecule has 2 aromatic heterocycles. The summed E-state index contributed by atoms with van der Waals surface area (Å²) in [5.41, 5.74) is 8.03. The van der Waals surface area contributed by atoms with E-state index in [9.17, 15) is 34.5 Å². The van der Waals surface area contributed by atoms with Gasteiger partial charge in [-0.05, 0) is 59.4 Å². The van der Waals surface area contributed by atoms with Gasteiger partial charge in [-0.1, -0.05) is 23.9 Å². The number of benzene rings is 2. The zero-order chi connectivity index (χ0) is 31.2. The van der Waals surface area contributed by atoms with Crippen molar-refractivity contribution in [1.29, 1.82) is 0 Å². The van der Waals surface area contributed by atoms with E-state index in [2.05, 4.69) is 107 Å². The van der Waals surface area contributed by atoms with Gasteiger partial charge in [-0.2, -0.15) is 0 Å². The highest BCUT2D eigenvalue weighted by molar-refractivity contribution is 7.99. The molecular formula is C29H29B2F8N3S. The Kier molecular flexibility index (Phi) is 10.4. The third kappa shape index (κ3) is 10.3. The SMILES string of the molecule is CN1c2ccc3cc2Sc2ccc(cc21)CCC[n+]1ccc(cc1)-c1cc[n+](cc1)CCC3.F[B-](F)(F)F.F[B-](F)(F)F. The summed E-state index contributed by atoms with van der Waals surface area (Å²) in [7, 11) is -9.79. The van der Waals surface area contributed by atoms with Crippen LogP contribution in [0.5, 0.6) is 0 Å². The van der Waals surface area contributed by atoms with Crippen LogP contribution >= 0.6 is 11.8 Å². The molecule has 4 aromatic rings. The molecule has 0 saturated heterocycles. The van der Waals surface area contributed by atoms with E-state index in [0.717, 1.165) is 38.8 Å². The van der Waals surface area contributed by atoms with Gasteiger partial charge in [0.05, 0.1) is 11.4 Å². The molecule has 0 amide bonds. The molecule has 0 fully saturated rings. The molecule has 0 radical (unpaired) electrons. The lowest BCUT2D eigenvalue weighted by molar-refractivity contribution is -0.697. The fourth-order valence-corrected chi connectivity index (χ4v) is 6.11. The zero-order valence-electron chi connectivity index (χ0n) is 23.3.